The molecule has 1 amide bonds. The van der Waals surface area contributed by atoms with E-state index in [-0.39, 0.29) is 23.8 Å². The minimum atomic E-state index is -0.388. The molecule has 0 atom stereocenters. The number of ether oxygens (including phenoxy) is 1. The predicted octanol–water partition coefficient (Wildman–Crippen LogP) is 4.26. The zero-order chi connectivity index (χ0) is 19.7. The average Bonchev–Trinajstić information content (AvgIpc) is 3.24. The summed E-state index contributed by atoms with van der Waals surface area (Å²) in [4.78, 5) is 16.7. The number of aromatic nitrogens is 3. The first kappa shape index (κ1) is 18.1. The summed E-state index contributed by atoms with van der Waals surface area (Å²) in [6.07, 6.45) is 0. The molecule has 8 heteroatoms. The molecule has 0 aliphatic rings. The largest absolute Gasteiger partial charge is 0.484 e. The fourth-order valence-corrected chi connectivity index (χ4v) is 3.71. The van der Waals surface area contributed by atoms with Gasteiger partial charge >= 0.3 is 0 Å². The van der Waals surface area contributed by atoms with E-state index in [0.717, 1.165) is 5.56 Å². The number of carbonyl (C=O) groups is 1. The van der Waals surface area contributed by atoms with Crippen molar-refractivity contribution in [1.82, 2.24) is 14.8 Å². The van der Waals surface area contributed by atoms with Crippen LogP contribution in [0.15, 0.2) is 48.5 Å². The number of thiazole rings is 1. The first-order valence-electron chi connectivity index (χ1n) is 8.61. The average molecular weight is 396 g/mol. The molecule has 0 unspecified atom stereocenters. The molecule has 28 heavy (non-hydrogen) atoms. The van der Waals surface area contributed by atoms with E-state index in [1.807, 2.05) is 32.0 Å². The van der Waals surface area contributed by atoms with Crippen molar-refractivity contribution in [3.63, 3.8) is 0 Å². The van der Waals surface area contributed by atoms with Gasteiger partial charge in [-0.25, -0.2) is 9.37 Å². The lowest BCUT2D eigenvalue weighted by Crippen LogP contribution is -2.21. The predicted molar refractivity (Wildman–Crippen MR) is 107 cm³/mol. The number of rotatable bonds is 5. The summed E-state index contributed by atoms with van der Waals surface area (Å²) >= 11 is 1.30. The maximum Gasteiger partial charge on any atom is 0.263 e. The summed E-state index contributed by atoms with van der Waals surface area (Å²) in [6.45, 7) is 3.63. The van der Waals surface area contributed by atoms with Crippen molar-refractivity contribution in [3.05, 3.63) is 65.6 Å². The lowest BCUT2D eigenvalue weighted by molar-refractivity contribution is -0.118. The third kappa shape index (κ3) is 3.72. The van der Waals surface area contributed by atoms with Gasteiger partial charge in [-0.1, -0.05) is 29.5 Å². The zero-order valence-electron chi connectivity index (χ0n) is 15.3. The second-order valence-electron chi connectivity index (χ2n) is 6.32. The normalized spacial score (nSPS) is 11.0. The Balaban J connectivity index is 1.54. The fraction of sp³-hybridized carbons (Fsp3) is 0.150. The van der Waals surface area contributed by atoms with Gasteiger partial charge in [0.2, 0.25) is 5.13 Å². The minimum absolute atomic E-state index is 0.137. The molecule has 0 aliphatic carbocycles. The first-order chi connectivity index (χ1) is 13.5. The number of nitrogens with zero attached hydrogens (tertiary/aromatic N) is 3. The van der Waals surface area contributed by atoms with Crippen LogP contribution in [0.3, 0.4) is 0 Å². The Morgan fingerprint density at radius 1 is 1.21 bits per heavy atom. The molecule has 0 saturated carbocycles. The zero-order valence-corrected chi connectivity index (χ0v) is 16.1. The van der Waals surface area contributed by atoms with Crippen molar-refractivity contribution in [1.29, 1.82) is 0 Å². The van der Waals surface area contributed by atoms with E-state index in [4.69, 9.17) is 4.74 Å². The number of aryl methyl sites for hydroxylation is 2. The van der Waals surface area contributed by atoms with E-state index in [2.05, 4.69) is 15.4 Å². The van der Waals surface area contributed by atoms with E-state index in [9.17, 15) is 9.18 Å². The third-order valence-electron chi connectivity index (χ3n) is 4.00. The summed E-state index contributed by atoms with van der Waals surface area (Å²) in [5.74, 6) is 0.368. The number of benzene rings is 2. The maximum atomic E-state index is 13.9. The Bertz CT molecular complexity index is 1170. The van der Waals surface area contributed by atoms with E-state index < -0.39 is 0 Å². The van der Waals surface area contributed by atoms with Crippen molar-refractivity contribution >= 4 is 33.3 Å². The second kappa shape index (κ2) is 7.40. The number of fused-ring (bicyclic) bond motifs is 1. The van der Waals surface area contributed by atoms with Gasteiger partial charge in [0.1, 0.15) is 22.9 Å². The van der Waals surface area contributed by atoms with Crippen LogP contribution in [-0.2, 0) is 4.79 Å². The molecular formula is C20H17FN4O2S. The summed E-state index contributed by atoms with van der Waals surface area (Å²) in [5, 5.41) is 7.63. The van der Waals surface area contributed by atoms with Crippen LogP contribution in [0, 0.1) is 19.7 Å². The molecule has 6 nitrogen and oxygen atoms in total. The third-order valence-corrected chi connectivity index (χ3v) is 4.99. The van der Waals surface area contributed by atoms with Crippen molar-refractivity contribution in [2.45, 2.75) is 13.8 Å². The van der Waals surface area contributed by atoms with Crippen LogP contribution < -0.4 is 10.1 Å². The SMILES string of the molecule is Cc1cccc(OCC(=O)Nc2cc(C)nn2-c2nc3c(F)cccc3s2)c1. The molecule has 4 aromatic rings. The number of para-hydroxylation sites is 1. The number of nitrogens with one attached hydrogen (secondary N) is 1. The molecule has 4 rings (SSSR count). The van der Waals surface area contributed by atoms with E-state index in [0.29, 0.717) is 27.1 Å². The van der Waals surface area contributed by atoms with Gasteiger partial charge in [-0.3, -0.25) is 4.79 Å². The standard InChI is InChI=1S/C20H17FN4O2S/c1-12-5-3-6-14(9-12)27-11-18(26)22-17-10-13(2)24-25(17)20-23-19-15(21)7-4-8-16(19)28-20/h3-10H,11H2,1-2H3,(H,22,26). The number of amides is 1. The molecular weight excluding hydrogens is 379 g/mol. The van der Waals surface area contributed by atoms with Gasteiger partial charge in [-0.2, -0.15) is 9.78 Å². The lowest BCUT2D eigenvalue weighted by atomic mass is 10.2. The van der Waals surface area contributed by atoms with Gasteiger partial charge in [0.15, 0.2) is 6.61 Å². The Kier molecular flexibility index (Phi) is 4.79. The molecule has 2 aromatic heterocycles. The molecule has 0 fully saturated rings. The van der Waals surface area contributed by atoms with Crippen molar-refractivity contribution in [2.24, 2.45) is 0 Å². The highest BCUT2D eigenvalue weighted by Gasteiger charge is 2.16. The van der Waals surface area contributed by atoms with E-state index in [1.165, 1.54) is 22.1 Å². The monoisotopic (exact) mass is 396 g/mol. The molecule has 0 bridgehead atoms. The fourth-order valence-electron chi connectivity index (χ4n) is 2.76. The molecule has 2 heterocycles. The number of halogens is 1. The highest BCUT2D eigenvalue weighted by atomic mass is 32.1. The molecule has 0 radical (unpaired) electrons. The Hall–Kier alpha value is -3.26. The molecule has 1 N–H and O–H groups in total. The van der Waals surface area contributed by atoms with Crippen molar-refractivity contribution in [3.8, 4) is 10.9 Å². The van der Waals surface area contributed by atoms with Crippen LogP contribution in [0.5, 0.6) is 5.75 Å². The molecule has 2 aromatic carbocycles. The topological polar surface area (TPSA) is 69.0 Å². The quantitative estimate of drug-likeness (QED) is 0.547. The molecule has 0 aliphatic heterocycles. The number of hydrogen-bond acceptors (Lipinski definition) is 5. The molecule has 0 spiro atoms. The number of carbonyl (C=O) groups excluding carboxylic acids is 1. The second-order valence-corrected chi connectivity index (χ2v) is 7.33. The lowest BCUT2D eigenvalue weighted by Gasteiger charge is -2.08. The Labute approximate surface area is 164 Å². The van der Waals surface area contributed by atoms with Gasteiger partial charge in [0, 0.05) is 6.07 Å². The van der Waals surface area contributed by atoms with Crippen LogP contribution in [0.4, 0.5) is 10.2 Å². The van der Waals surface area contributed by atoms with Gasteiger partial charge in [-0.15, -0.1) is 0 Å². The van der Waals surface area contributed by atoms with Crippen LogP contribution in [0.25, 0.3) is 15.3 Å². The molecule has 0 saturated heterocycles. The maximum absolute atomic E-state index is 13.9. The van der Waals surface area contributed by atoms with E-state index in [1.54, 1.807) is 24.3 Å². The first-order valence-corrected chi connectivity index (χ1v) is 9.42. The van der Waals surface area contributed by atoms with Crippen LogP contribution in [-0.4, -0.2) is 27.3 Å². The van der Waals surface area contributed by atoms with Gasteiger partial charge < -0.3 is 10.1 Å². The smallest absolute Gasteiger partial charge is 0.263 e. The number of hydrogen-bond donors (Lipinski definition) is 1. The number of anilines is 1. The van der Waals surface area contributed by atoms with Crippen LogP contribution in [0.2, 0.25) is 0 Å². The van der Waals surface area contributed by atoms with E-state index >= 15 is 0 Å². The summed E-state index contributed by atoms with van der Waals surface area (Å²) < 4.78 is 21.7. The highest BCUT2D eigenvalue weighted by Crippen LogP contribution is 2.28. The van der Waals surface area contributed by atoms with Crippen LogP contribution in [0.1, 0.15) is 11.3 Å². The summed E-state index contributed by atoms with van der Waals surface area (Å²) in [6, 6.07) is 14.0. The van der Waals surface area contributed by atoms with Gasteiger partial charge in [-0.05, 0) is 43.7 Å². The van der Waals surface area contributed by atoms with Crippen molar-refractivity contribution in [2.75, 3.05) is 11.9 Å². The summed E-state index contributed by atoms with van der Waals surface area (Å²) in [5.41, 5.74) is 2.04. The summed E-state index contributed by atoms with van der Waals surface area (Å²) in [7, 11) is 0. The van der Waals surface area contributed by atoms with Crippen LogP contribution >= 0.6 is 11.3 Å². The van der Waals surface area contributed by atoms with Gasteiger partial charge in [0.25, 0.3) is 5.91 Å². The Morgan fingerprint density at radius 2 is 2.04 bits per heavy atom. The highest BCUT2D eigenvalue weighted by molar-refractivity contribution is 7.20. The van der Waals surface area contributed by atoms with Crippen molar-refractivity contribution < 1.29 is 13.9 Å². The van der Waals surface area contributed by atoms with Gasteiger partial charge in [0.05, 0.1) is 10.4 Å². The molecule has 142 valence electrons. The minimum Gasteiger partial charge on any atom is -0.484 e. The Morgan fingerprint density at radius 3 is 2.82 bits per heavy atom.